The van der Waals surface area contributed by atoms with Crippen molar-refractivity contribution in [1.29, 1.82) is 0 Å². The fourth-order valence-corrected chi connectivity index (χ4v) is 11.6. The zero-order valence-electron chi connectivity index (χ0n) is 55.4. The van der Waals surface area contributed by atoms with Gasteiger partial charge in [0.15, 0.2) is 0 Å². The summed E-state index contributed by atoms with van der Waals surface area (Å²) in [5.74, 6) is -0.706. The molecule has 2 aliphatic rings. The lowest BCUT2D eigenvalue weighted by atomic mass is 9.87. The van der Waals surface area contributed by atoms with Crippen LogP contribution in [0.1, 0.15) is 174 Å². The Kier molecular flexibility index (Phi) is 45.1. The number of hydrogen-bond acceptors (Lipinski definition) is 24. The Bertz CT molecular complexity index is 2180. The highest BCUT2D eigenvalue weighted by Gasteiger charge is 2.47. The van der Waals surface area contributed by atoms with Crippen molar-refractivity contribution < 1.29 is 122 Å². The van der Waals surface area contributed by atoms with Crippen LogP contribution in [0, 0.1) is 5.92 Å². The lowest BCUT2D eigenvalue weighted by molar-refractivity contribution is -0.234. The molecule has 26 atom stereocenters. The molecule has 94 heavy (non-hydrogen) atoms. The minimum atomic E-state index is -1.83. The van der Waals surface area contributed by atoms with E-state index in [2.05, 4.69) is 13.2 Å². The monoisotopic (exact) mass is 1350 g/mol. The number of aliphatic hydroxyl groups excluding tert-OH is 22. The zero-order valence-corrected chi connectivity index (χ0v) is 55.4. The molecule has 0 radical (unpaired) electrons. The molecule has 2 heterocycles. The van der Waals surface area contributed by atoms with Crippen LogP contribution in [-0.4, -0.2) is 272 Å². The normalized spacial score (nSPS) is 27.0. The van der Waals surface area contributed by atoms with Gasteiger partial charge in [-0.25, -0.2) is 0 Å². The highest BCUT2D eigenvalue weighted by molar-refractivity contribution is 5.12. The SMILES string of the molecule is C=CCCC=CC=CC=CCCC=CC(O)C(O)C1OC(C(O)C(O)C(=C)CCC(O)C2CC(O)C(O)C(C(O)C(O)C=C(C)CCC(O)CC(O)C(O)C(C)CC(O)C(O)CCCC(O)CCCC(O)CCCC(O)CCCC(O)C=CCC(O)CO)O2)CC(O)C1O. The van der Waals surface area contributed by atoms with E-state index >= 15 is 0 Å². The molecular formula is C70H122O24. The maximum absolute atomic E-state index is 11.2. The third-order valence-corrected chi connectivity index (χ3v) is 17.8. The van der Waals surface area contributed by atoms with Gasteiger partial charge in [0.25, 0.3) is 0 Å². The van der Waals surface area contributed by atoms with Crippen molar-refractivity contribution in [3.8, 4) is 0 Å². The first-order valence-corrected chi connectivity index (χ1v) is 34.0. The summed E-state index contributed by atoms with van der Waals surface area (Å²) >= 11 is 0. The molecule has 0 amide bonds. The third kappa shape index (κ3) is 34.6. The van der Waals surface area contributed by atoms with E-state index in [1.54, 1.807) is 32.1 Å². The van der Waals surface area contributed by atoms with Crippen molar-refractivity contribution in [1.82, 2.24) is 0 Å². The standard InChI is InChI=1S/C70H122O24/c1-5-6-7-8-9-10-11-12-13-14-15-16-31-54(80)64(88)69-67(91)59(85)41-61(94-69)68(92)63(87)44(3)34-36-53(79)60-40-58(84)66(90)70(93-60)65(89)56(82)37-43(2)33-35-50(76)39-57(83)62(86)45(4)38-55(81)52(78)32-21-29-49(75)27-19-25-47(73)23-17-22-46(72)24-18-26-48(74)28-20-30-51(77)42-71/h5,8-13,16,20,28,31,37,45-92H,1,3,6-7,14-15,17-19,21-27,29-30,32-36,38-42H2,2,4H3. The van der Waals surface area contributed by atoms with Crippen LogP contribution in [0.5, 0.6) is 0 Å². The Morgan fingerprint density at radius 1 is 0.489 bits per heavy atom. The van der Waals surface area contributed by atoms with Gasteiger partial charge in [-0.3, -0.25) is 0 Å². The Balaban J connectivity index is 1.76. The van der Waals surface area contributed by atoms with Gasteiger partial charge < -0.3 is 122 Å². The second-order valence-corrected chi connectivity index (χ2v) is 26.2. The van der Waals surface area contributed by atoms with Crippen molar-refractivity contribution >= 4 is 0 Å². The van der Waals surface area contributed by atoms with Gasteiger partial charge in [-0.05, 0) is 160 Å². The number of unbranched alkanes of at least 4 members (excludes halogenated alkanes) is 2. The molecule has 0 bridgehead atoms. The quantitative estimate of drug-likeness (QED) is 0.0229. The Labute approximate surface area is 556 Å². The zero-order chi connectivity index (χ0) is 70.5. The molecule has 0 aromatic rings. The fraction of sp³-hybridized carbons (Fsp3) is 0.771. The second kappa shape index (κ2) is 48.7. The van der Waals surface area contributed by atoms with E-state index in [1.165, 1.54) is 12.2 Å². The fourth-order valence-electron chi connectivity index (χ4n) is 11.6. The number of ether oxygens (including phenoxy) is 2. The molecular weight excluding hydrogens is 1220 g/mol. The maximum atomic E-state index is 11.2. The van der Waals surface area contributed by atoms with E-state index in [-0.39, 0.29) is 76.4 Å². The van der Waals surface area contributed by atoms with E-state index < -0.39 is 159 Å². The minimum absolute atomic E-state index is 0.00253. The van der Waals surface area contributed by atoms with Crippen molar-refractivity contribution in [2.45, 2.75) is 327 Å². The molecule has 0 aromatic carbocycles. The second-order valence-electron chi connectivity index (χ2n) is 26.2. The largest absolute Gasteiger partial charge is 0.394 e. The molecule has 2 fully saturated rings. The predicted octanol–water partition coefficient (Wildman–Crippen LogP) is 0.951. The van der Waals surface area contributed by atoms with Crippen LogP contribution in [0.25, 0.3) is 0 Å². The molecule has 2 saturated heterocycles. The molecule has 546 valence electrons. The van der Waals surface area contributed by atoms with Gasteiger partial charge in [0.2, 0.25) is 0 Å². The summed E-state index contributed by atoms with van der Waals surface area (Å²) in [4.78, 5) is 0. The first kappa shape index (κ1) is 87.0. The van der Waals surface area contributed by atoms with Crippen LogP contribution >= 0.6 is 0 Å². The summed E-state index contributed by atoms with van der Waals surface area (Å²) in [6.07, 6.45) is -5.20. The molecule has 22 N–H and O–H groups in total. The van der Waals surface area contributed by atoms with E-state index in [0.717, 1.165) is 12.8 Å². The minimum Gasteiger partial charge on any atom is -0.394 e. The Morgan fingerprint density at radius 2 is 0.989 bits per heavy atom. The van der Waals surface area contributed by atoms with Crippen LogP contribution in [0.15, 0.2) is 97.2 Å². The average molecular weight is 1350 g/mol. The molecule has 0 aliphatic carbocycles. The molecule has 0 spiro atoms. The van der Waals surface area contributed by atoms with Gasteiger partial charge in [-0.2, -0.15) is 0 Å². The number of allylic oxidation sites excluding steroid dienone is 9. The molecule has 0 aromatic heterocycles. The topological polar surface area (TPSA) is 464 Å². The molecule has 24 nitrogen and oxygen atoms in total. The highest BCUT2D eigenvalue weighted by Crippen LogP contribution is 2.32. The van der Waals surface area contributed by atoms with Gasteiger partial charge in [0.05, 0.1) is 98.2 Å². The smallest absolute Gasteiger partial charge is 0.115 e. The molecule has 24 heteroatoms. The van der Waals surface area contributed by atoms with E-state index in [0.29, 0.717) is 89.0 Å². The summed E-state index contributed by atoms with van der Waals surface area (Å²) in [7, 11) is 0. The first-order chi connectivity index (χ1) is 44.5. The maximum Gasteiger partial charge on any atom is 0.115 e. The van der Waals surface area contributed by atoms with Gasteiger partial charge in [0, 0.05) is 19.3 Å². The summed E-state index contributed by atoms with van der Waals surface area (Å²) in [6.45, 7) is 10.3. The molecule has 0 saturated carbocycles. The summed E-state index contributed by atoms with van der Waals surface area (Å²) in [5.41, 5.74) is 0.470. The average Bonchev–Trinajstić information content (AvgIpc) is 0.824. The van der Waals surface area contributed by atoms with E-state index in [9.17, 15) is 107 Å². The van der Waals surface area contributed by atoms with Crippen molar-refractivity contribution in [2.24, 2.45) is 5.92 Å². The van der Waals surface area contributed by atoms with Gasteiger partial charge in [0.1, 0.15) is 61.0 Å². The lowest BCUT2D eigenvalue weighted by Crippen LogP contribution is -2.59. The number of hydrogen-bond donors (Lipinski definition) is 22. The third-order valence-electron chi connectivity index (χ3n) is 17.8. The summed E-state index contributed by atoms with van der Waals surface area (Å²) in [5, 5.41) is 233. The summed E-state index contributed by atoms with van der Waals surface area (Å²) < 4.78 is 11.6. The predicted molar refractivity (Wildman–Crippen MR) is 354 cm³/mol. The van der Waals surface area contributed by atoms with Gasteiger partial charge in [-0.1, -0.05) is 92.0 Å². The van der Waals surface area contributed by atoms with Crippen LogP contribution in [0.2, 0.25) is 0 Å². The van der Waals surface area contributed by atoms with Crippen molar-refractivity contribution in [3.63, 3.8) is 0 Å². The van der Waals surface area contributed by atoms with Crippen LogP contribution in [0.4, 0.5) is 0 Å². The molecule has 26 unspecified atom stereocenters. The number of aliphatic hydroxyl groups is 22. The lowest BCUT2D eigenvalue weighted by Gasteiger charge is -2.42. The van der Waals surface area contributed by atoms with Gasteiger partial charge >= 0.3 is 0 Å². The van der Waals surface area contributed by atoms with Crippen LogP contribution < -0.4 is 0 Å². The van der Waals surface area contributed by atoms with E-state index in [4.69, 9.17) is 14.6 Å². The Morgan fingerprint density at radius 3 is 1.54 bits per heavy atom. The van der Waals surface area contributed by atoms with E-state index in [1.807, 2.05) is 42.5 Å². The van der Waals surface area contributed by atoms with Crippen molar-refractivity contribution in [3.05, 3.63) is 97.2 Å². The summed E-state index contributed by atoms with van der Waals surface area (Å²) in [6, 6.07) is 0. The van der Waals surface area contributed by atoms with Crippen LogP contribution in [0.3, 0.4) is 0 Å². The van der Waals surface area contributed by atoms with Crippen molar-refractivity contribution in [2.75, 3.05) is 6.61 Å². The molecule has 2 rings (SSSR count). The Hall–Kier alpha value is -3.04. The first-order valence-electron chi connectivity index (χ1n) is 34.0. The van der Waals surface area contributed by atoms with Gasteiger partial charge in [-0.15, -0.1) is 6.58 Å². The highest BCUT2D eigenvalue weighted by atomic mass is 16.6. The molecule has 2 aliphatic heterocycles. The van der Waals surface area contributed by atoms with Crippen LogP contribution in [-0.2, 0) is 9.47 Å². The number of rotatable bonds is 51.